The van der Waals surface area contributed by atoms with Crippen LogP contribution in [0.15, 0.2) is 0 Å². The Morgan fingerprint density at radius 2 is 1.43 bits per heavy atom. The van der Waals surface area contributed by atoms with Gasteiger partial charge in [0.05, 0.1) is 0 Å². The van der Waals surface area contributed by atoms with Crippen molar-refractivity contribution in [3.8, 4) is 0 Å². The molecule has 9 nitrogen and oxygen atoms in total. The van der Waals surface area contributed by atoms with Crippen LogP contribution in [0.5, 0.6) is 0 Å². The molecule has 9 heteroatoms. The lowest BCUT2D eigenvalue weighted by molar-refractivity contribution is -0.143. The molecule has 0 aliphatic rings. The van der Waals surface area contributed by atoms with Crippen molar-refractivity contribution in [2.75, 3.05) is 0 Å². The predicted octanol–water partition coefficient (Wildman–Crippen LogP) is 1.66. The summed E-state index contributed by atoms with van der Waals surface area (Å²) < 4.78 is 5.18. The molecule has 0 heterocycles. The van der Waals surface area contributed by atoms with Crippen LogP contribution in [0, 0.1) is 11.8 Å². The molecule has 0 fully saturated rings. The fraction of sp³-hybridized carbons (Fsp3) is 0.789. The normalized spacial score (nSPS) is 14.8. The van der Waals surface area contributed by atoms with Crippen molar-refractivity contribution in [3.05, 3.63) is 0 Å². The lowest BCUT2D eigenvalue weighted by Gasteiger charge is -2.26. The van der Waals surface area contributed by atoms with Crippen molar-refractivity contribution >= 4 is 23.9 Å². The number of nitrogens with one attached hydrogen (secondary N) is 3. The Bertz CT molecular complexity index is 569. The Kier molecular flexibility index (Phi) is 9.97. The highest BCUT2D eigenvalue weighted by Gasteiger charge is 2.29. The number of carbonyl (C=O) groups is 4. The highest BCUT2D eigenvalue weighted by Crippen LogP contribution is 2.10. The molecule has 0 aliphatic heterocycles. The molecule has 0 aliphatic carbocycles. The fourth-order valence-corrected chi connectivity index (χ4v) is 2.32. The van der Waals surface area contributed by atoms with Gasteiger partial charge in [0.15, 0.2) is 0 Å². The average molecular weight is 402 g/mol. The Labute approximate surface area is 167 Å². The van der Waals surface area contributed by atoms with Gasteiger partial charge in [-0.05, 0) is 46.0 Å². The zero-order valence-electron chi connectivity index (χ0n) is 18.1. The molecule has 3 amide bonds. The maximum absolute atomic E-state index is 12.6. The topological polar surface area (TPSA) is 134 Å². The summed E-state index contributed by atoms with van der Waals surface area (Å²) in [5, 5.41) is 16.6. The van der Waals surface area contributed by atoms with Crippen LogP contribution in [-0.4, -0.2) is 52.7 Å². The predicted molar refractivity (Wildman–Crippen MR) is 105 cm³/mol. The number of carboxylic acid groups (broad SMARTS) is 1. The van der Waals surface area contributed by atoms with Crippen LogP contribution in [0.25, 0.3) is 0 Å². The second-order valence-electron chi connectivity index (χ2n) is 8.63. The van der Waals surface area contributed by atoms with Gasteiger partial charge >= 0.3 is 12.1 Å². The van der Waals surface area contributed by atoms with E-state index in [-0.39, 0.29) is 11.8 Å². The van der Waals surface area contributed by atoms with Crippen molar-refractivity contribution in [2.45, 2.75) is 85.5 Å². The van der Waals surface area contributed by atoms with E-state index in [1.165, 1.54) is 6.92 Å². The quantitative estimate of drug-likeness (QED) is 0.464. The molecule has 0 spiro atoms. The Morgan fingerprint density at radius 1 is 0.893 bits per heavy atom. The van der Waals surface area contributed by atoms with Crippen molar-refractivity contribution < 1.29 is 29.0 Å². The molecule has 28 heavy (non-hydrogen) atoms. The molecule has 3 atom stereocenters. The van der Waals surface area contributed by atoms with Gasteiger partial charge in [-0.1, -0.05) is 27.7 Å². The average Bonchev–Trinajstić information content (AvgIpc) is 2.48. The van der Waals surface area contributed by atoms with E-state index in [0.717, 1.165) is 0 Å². The van der Waals surface area contributed by atoms with Gasteiger partial charge in [0, 0.05) is 0 Å². The fourth-order valence-electron chi connectivity index (χ4n) is 2.32. The lowest BCUT2D eigenvalue weighted by Crippen LogP contribution is -2.56. The second kappa shape index (κ2) is 10.9. The van der Waals surface area contributed by atoms with Gasteiger partial charge in [0.25, 0.3) is 0 Å². The number of aliphatic carboxylic acids is 1. The van der Waals surface area contributed by atoms with E-state index in [2.05, 4.69) is 16.0 Å². The van der Waals surface area contributed by atoms with Gasteiger partial charge < -0.3 is 25.8 Å². The third-order valence-corrected chi connectivity index (χ3v) is 3.70. The van der Waals surface area contributed by atoms with Gasteiger partial charge in [-0.15, -0.1) is 0 Å². The minimum Gasteiger partial charge on any atom is -0.480 e. The monoisotopic (exact) mass is 401 g/mol. The summed E-state index contributed by atoms with van der Waals surface area (Å²) >= 11 is 0. The van der Waals surface area contributed by atoms with Gasteiger partial charge in [0.1, 0.15) is 23.7 Å². The summed E-state index contributed by atoms with van der Waals surface area (Å²) in [6.07, 6.45) is -0.375. The largest absolute Gasteiger partial charge is 0.480 e. The second-order valence-corrected chi connectivity index (χ2v) is 8.63. The lowest BCUT2D eigenvalue weighted by atomic mass is 10.0. The summed E-state index contributed by atoms with van der Waals surface area (Å²) in [5.74, 6) is -2.51. The maximum atomic E-state index is 12.6. The molecular weight excluding hydrogens is 366 g/mol. The molecule has 0 aromatic carbocycles. The SMILES string of the molecule is CC(C)CC(NC(=O)OC(C)(C)C)C(=O)NC(C)C(=O)NC(C(=O)O)C(C)C. The van der Waals surface area contributed by atoms with Crippen LogP contribution in [0.2, 0.25) is 0 Å². The molecule has 0 radical (unpaired) electrons. The maximum Gasteiger partial charge on any atom is 0.408 e. The first-order chi connectivity index (χ1) is 12.6. The number of alkyl carbamates (subject to hydrolysis) is 1. The highest BCUT2D eigenvalue weighted by molar-refractivity contribution is 5.92. The van der Waals surface area contributed by atoms with Crippen LogP contribution < -0.4 is 16.0 Å². The molecule has 3 unspecified atom stereocenters. The van der Waals surface area contributed by atoms with Gasteiger partial charge in [-0.3, -0.25) is 9.59 Å². The molecule has 0 aromatic heterocycles. The van der Waals surface area contributed by atoms with E-state index >= 15 is 0 Å². The van der Waals surface area contributed by atoms with E-state index < -0.39 is 47.6 Å². The number of carboxylic acids is 1. The van der Waals surface area contributed by atoms with E-state index in [1.54, 1.807) is 34.6 Å². The summed E-state index contributed by atoms with van der Waals surface area (Å²) in [4.78, 5) is 48.1. The molecular formula is C19H35N3O6. The number of ether oxygens (including phenoxy) is 1. The van der Waals surface area contributed by atoms with Gasteiger partial charge in [-0.2, -0.15) is 0 Å². The van der Waals surface area contributed by atoms with Crippen molar-refractivity contribution in [2.24, 2.45) is 11.8 Å². The Hall–Kier alpha value is -2.32. The summed E-state index contributed by atoms with van der Waals surface area (Å²) in [6, 6.07) is -2.91. The minimum atomic E-state index is -1.15. The van der Waals surface area contributed by atoms with Gasteiger partial charge in [0.2, 0.25) is 11.8 Å². The van der Waals surface area contributed by atoms with E-state index in [1.807, 2.05) is 13.8 Å². The molecule has 0 rings (SSSR count). The molecule has 0 aromatic rings. The Balaban J connectivity index is 5.02. The van der Waals surface area contributed by atoms with Crippen LogP contribution in [-0.2, 0) is 19.1 Å². The van der Waals surface area contributed by atoms with Crippen LogP contribution in [0.3, 0.4) is 0 Å². The van der Waals surface area contributed by atoms with Crippen LogP contribution in [0.1, 0.15) is 61.8 Å². The van der Waals surface area contributed by atoms with Gasteiger partial charge in [-0.25, -0.2) is 9.59 Å². The zero-order valence-corrected chi connectivity index (χ0v) is 18.1. The summed E-state index contributed by atoms with van der Waals surface area (Å²) in [5.41, 5.74) is -0.710. The Morgan fingerprint density at radius 3 is 1.82 bits per heavy atom. The zero-order chi connectivity index (χ0) is 22.2. The molecule has 162 valence electrons. The molecule has 0 bridgehead atoms. The molecule has 0 saturated heterocycles. The molecule has 0 saturated carbocycles. The first kappa shape index (κ1) is 25.7. The van der Waals surface area contributed by atoms with E-state index in [0.29, 0.717) is 6.42 Å². The number of amides is 3. The summed E-state index contributed by atoms with van der Waals surface area (Å²) in [7, 11) is 0. The first-order valence-corrected chi connectivity index (χ1v) is 9.47. The third kappa shape index (κ3) is 10.1. The van der Waals surface area contributed by atoms with E-state index in [4.69, 9.17) is 4.74 Å². The number of carbonyl (C=O) groups excluding carboxylic acids is 3. The number of rotatable bonds is 9. The minimum absolute atomic E-state index is 0.104. The van der Waals surface area contributed by atoms with Crippen molar-refractivity contribution in [1.82, 2.24) is 16.0 Å². The molecule has 4 N–H and O–H groups in total. The standard InChI is InChI=1S/C19H35N3O6/c1-10(2)9-13(21-18(27)28-19(6,7)8)16(24)20-12(5)15(23)22-14(11(3)4)17(25)26/h10-14H,9H2,1-8H3,(H,20,24)(H,21,27)(H,22,23)(H,25,26). The number of hydrogen-bond donors (Lipinski definition) is 4. The van der Waals surface area contributed by atoms with Crippen molar-refractivity contribution in [1.29, 1.82) is 0 Å². The van der Waals surface area contributed by atoms with Crippen LogP contribution in [0.4, 0.5) is 4.79 Å². The van der Waals surface area contributed by atoms with Crippen molar-refractivity contribution in [3.63, 3.8) is 0 Å². The first-order valence-electron chi connectivity index (χ1n) is 9.47. The highest BCUT2D eigenvalue weighted by atomic mass is 16.6. The summed E-state index contributed by atoms with van der Waals surface area (Å²) in [6.45, 7) is 13.7. The number of hydrogen-bond acceptors (Lipinski definition) is 5. The third-order valence-electron chi connectivity index (χ3n) is 3.70. The van der Waals surface area contributed by atoms with Crippen LogP contribution >= 0.6 is 0 Å². The smallest absolute Gasteiger partial charge is 0.408 e. The van der Waals surface area contributed by atoms with E-state index in [9.17, 15) is 24.3 Å².